The van der Waals surface area contributed by atoms with Crippen molar-refractivity contribution >= 4 is 22.9 Å². The van der Waals surface area contributed by atoms with E-state index in [0.717, 1.165) is 11.1 Å². The maximum absolute atomic E-state index is 12.4. The van der Waals surface area contributed by atoms with Crippen molar-refractivity contribution in [2.24, 2.45) is 0 Å². The number of benzene rings is 1. The van der Waals surface area contributed by atoms with Crippen LogP contribution < -0.4 is 5.32 Å². The Kier molecular flexibility index (Phi) is 8.09. The number of hydrogen-bond acceptors (Lipinski definition) is 5. The van der Waals surface area contributed by atoms with Gasteiger partial charge in [-0.1, -0.05) is 29.8 Å². The Morgan fingerprint density at radius 1 is 1.20 bits per heavy atom. The van der Waals surface area contributed by atoms with E-state index in [2.05, 4.69) is 5.32 Å². The highest BCUT2D eigenvalue weighted by molar-refractivity contribution is 7.84. The molecule has 25 heavy (non-hydrogen) atoms. The van der Waals surface area contributed by atoms with Gasteiger partial charge >= 0.3 is 12.1 Å². The van der Waals surface area contributed by atoms with Crippen LogP contribution in [0.3, 0.4) is 0 Å². The molecule has 0 aromatic heterocycles. The van der Waals surface area contributed by atoms with Crippen LogP contribution >= 0.6 is 0 Å². The first-order chi connectivity index (χ1) is 11.6. The number of amides is 1. The molecule has 1 amide bonds. The van der Waals surface area contributed by atoms with Crippen LogP contribution in [0.2, 0.25) is 0 Å². The first-order valence-corrected chi connectivity index (χ1v) is 9.66. The van der Waals surface area contributed by atoms with Gasteiger partial charge in [-0.15, -0.1) is 0 Å². The van der Waals surface area contributed by atoms with Crippen LogP contribution in [0.4, 0.5) is 4.79 Å². The highest BCUT2D eigenvalue weighted by Gasteiger charge is 2.27. The largest absolute Gasteiger partial charge is 0.464 e. The zero-order valence-corrected chi connectivity index (χ0v) is 16.3. The molecule has 0 aliphatic heterocycles. The van der Waals surface area contributed by atoms with E-state index in [1.165, 1.54) is 0 Å². The van der Waals surface area contributed by atoms with Gasteiger partial charge in [-0.05, 0) is 40.2 Å². The third-order valence-corrected chi connectivity index (χ3v) is 4.42. The second-order valence-corrected chi connectivity index (χ2v) is 8.19. The summed E-state index contributed by atoms with van der Waals surface area (Å²) < 4.78 is 22.5. The number of alkyl carbamates (subject to hydrolysis) is 1. The van der Waals surface area contributed by atoms with E-state index in [1.54, 1.807) is 27.7 Å². The summed E-state index contributed by atoms with van der Waals surface area (Å²) in [4.78, 5) is 24.0. The Bertz CT molecular complexity index is 607. The summed E-state index contributed by atoms with van der Waals surface area (Å²) in [6.07, 6.45) is -0.738. The van der Waals surface area contributed by atoms with Gasteiger partial charge in [-0.2, -0.15) is 0 Å². The number of carbonyl (C=O) groups excluding carboxylic acids is 2. The molecule has 1 aromatic rings. The predicted octanol–water partition coefficient (Wildman–Crippen LogP) is 2.70. The molecule has 0 heterocycles. The van der Waals surface area contributed by atoms with Crippen LogP contribution in [0.15, 0.2) is 24.3 Å². The fraction of sp³-hybridized carbons (Fsp3) is 0.556. The molecule has 0 fully saturated rings. The lowest BCUT2D eigenvalue weighted by atomic mass is 10.2. The average Bonchev–Trinajstić information content (AvgIpc) is 2.47. The van der Waals surface area contributed by atoms with E-state index in [0.29, 0.717) is 5.75 Å². The summed E-state index contributed by atoms with van der Waals surface area (Å²) in [6, 6.07) is 6.66. The number of nitrogens with one attached hydrogen (secondary N) is 1. The molecule has 7 heteroatoms. The minimum Gasteiger partial charge on any atom is -0.464 e. The van der Waals surface area contributed by atoms with Crippen molar-refractivity contribution in [2.75, 3.05) is 12.4 Å². The lowest BCUT2D eigenvalue weighted by molar-refractivity contribution is -0.145. The maximum Gasteiger partial charge on any atom is 0.408 e. The second-order valence-electron chi connectivity index (χ2n) is 6.69. The molecule has 0 radical (unpaired) electrons. The van der Waals surface area contributed by atoms with Gasteiger partial charge in [0.25, 0.3) is 0 Å². The van der Waals surface area contributed by atoms with E-state index in [1.807, 2.05) is 31.2 Å². The summed E-state index contributed by atoms with van der Waals surface area (Å²) in [5, 5.41) is 2.46. The molecule has 2 atom stereocenters. The van der Waals surface area contributed by atoms with E-state index >= 15 is 0 Å². The monoisotopic (exact) mass is 369 g/mol. The van der Waals surface area contributed by atoms with Crippen LogP contribution in [-0.2, 0) is 30.8 Å². The molecule has 1 rings (SSSR count). The third-order valence-electron chi connectivity index (χ3n) is 3.06. The lowest BCUT2D eigenvalue weighted by Gasteiger charge is -2.22. The van der Waals surface area contributed by atoms with Crippen molar-refractivity contribution < 1.29 is 23.3 Å². The molecule has 0 bridgehead atoms. The molecular formula is C18H27NO5S. The molecule has 1 N–H and O–H groups in total. The maximum atomic E-state index is 12.4. The highest BCUT2D eigenvalue weighted by Crippen LogP contribution is 2.09. The Morgan fingerprint density at radius 2 is 1.80 bits per heavy atom. The Balaban J connectivity index is 2.71. The first kappa shape index (κ1) is 21.2. The highest BCUT2D eigenvalue weighted by atomic mass is 32.2. The Hall–Kier alpha value is -1.89. The van der Waals surface area contributed by atoms with Gasteiger partial charge in [0.15, 0.2) is 0 Å². The molecule has 140 valence electrons. The predicted molar refractivity (Wildman–Crippen MR) is 97.7 cm³/mol. The third kappa shape index (κ3) is 8.67. The Morgan fingerprint density at radius 3 is 2.32 bits per heavy atom. The SMILES string of the molecule is CCOC(=O)[C@H](C[S@](=O)Cc1ccc(C)cc1)NC(=O)OC(C)(C)C. The fourth-order valence-electron chi connectivity index (χ4n) is 1.98. The van der Waals surface area contributed by atoms with Crippen molar-refractivity contribution in [3.05, 3.63) is 35.4 Å². The van der Waals surface area contributed by atoms with Crippen LogP contribution in [-0.4, -0.2) is 40.3 Å². The van der Waals surface area contributed by atoms with Crippen LogP contribution in [0.1, 0.15) is 38.8 Å². The molecule has 6 nitrogen and oxygen atoms in total. The van der Waals surface area contributed by atoms with Gasteiger partial charge in [0.1, 0.15) is 11.6 Å². The number of rotatable bonds is 7. The number of ether oxygens (including phenoxy) is 2. The number of esters is 1. The van der Waals surface area contributed by atoms with Gasteiger partial charge in [-0.3, -0.25) is 4.21 Å². The van der Waals surface area contributed by atoms with Crippen molar-refractivity contribution in [2.45, 2.75) is 52.0 Å². The van der Waals surface area contributed by atoms with E-state index in [-0.39, 0.29) is 12.4 Å². The summed E-state index contributed by atoms with van der Waals surface area (Å²) in [5.74, 6) is -0.358. The summed E-state index contributed by atoms with van der Waals surface area (Å²) in [5.41, 5.74) is 1.33. The second kappa shape index (κ2) is 9.56. The summed E-state index contributed by atoms with van der Waals surface area (Å²) in [6.45, 7) is 8.99. The van der Waals surface area contributed by atoms with Crippen molar-refractivity contribution in [1.82, 2.24) is 5.32 Å². The number of hydrogen-bond donors (Lipinski definition) is 1. The van der Waals surface area contributed by atoms with E-state index < -0.39 is 34.5 Å². The van der Waals surface area contributed by atoms with E-state index in [9.17, 15) is 13.8 Å². The summed E-state index contributed by atoms with van der Waals surface area (Å²) in [7, 11) is -1.34. The van der Waals surface area contributed by atoms with Gasteiger partial charge in [-0.25, -0.2) is 9.59 Å². The molecule has 0 unspecified atom stereocenters. The average molecular weight is 369 g/mol. The molecule has 0 saturated carbocycles. The first-order valence-electron chi connectivity index (χ1n) is 8.17. The molecule has 0 aliphatic rings. The van der Waals surface area contributed by atoms with Crippen molar-refractivity contribution in [1.29, 1.82) is 0 Å². The quantitative estimate of drug-likeness (QED) is 0.747. The minimum atomic E-state index is -1.34. The topological polar surface area (TPSA) is 81.7 Å². The number of carbonyl (C=O) groups is 2. The smallest absolute Gasteiger partial charge is 0.408 e. The normalized spacial score (nSPS) is 13.6. The standard InChI is InChI=1S/C18H27NO5S/c1-6-23-16(20)15(19-17(21)24-18(3,4)5)12-25(22)11-14-9-7-13(2)8-10-14/h7-10,15H,6,11-12H2,1-5H3,(H,19,21)/t15-,25+/m0/s1. The fourth-order valence-corrected chi connectivity index (χ4v) is 3.25. The van der Waals surface area contributed by atoms with Gasteiger partial charge < -0.3 is 14.8 Å². The van der Waals surface area contributed by atoms with Gasteiger partial charge in [0, 0.05) is 16.6 Å². The van der Waals surface area contributed by atoms with Crippen LogP contribution in [0, 0.1) is 6.92 Å². The van der Waals surface area contributed by atoms with Crippen LogP contribution in [0.25, 0.3) is 0 Å². The number of aryl methyl sites for hydroxylation is 1. The molecule has 0 aliphatic carbocycles. The van der Waals surface area contributed by atoms with Gasteiger partial charge in [0.2, 0.25) is 0 Å². The van der Waals surface area contributed by atoms with Gasteiger partial charge in [0.05, 0.1) is 12.4 Å². The minimum absolute atomic E-state index is 0.0358. The van der Waals surface area contributed by atoms with E-state index in [4.69, 9.17) is 9.47 Å². The van der Waals surface area contributed by atoms with Crippen LogP contribution in [0.5, 0.6) is 0 Å². The molecule has 0 spiro atoms. The molecular weight excluding hydrogens is 342 g/mol. The molecule has 0 saturated heterocycles. The Labute approximate surface area is 151 Å². The lowest BCUT2D eigenvalue weighted by Crippen LogP contribution is -2.47. The van der Waals surface area contributed by atoms with Crippen molar-refractivity contribution in [3.63, 3.8) is 0 Å². The zero-order valence-electron chi connectivity index (χ0n) is 15.5. The summed E-state index contributed by atoms with van der Waals surface area (Å²) >= 11 is 0. The van der Waals surface area contributed by atoms with Crippen molar-refractivity contribution in [3.8, 4) is 0 Å². The molecule has 1 aromatic carbocycles. The zero-order chi connectivity index (χ0) is 19.0.